The van der Waals surface area contributed by atoms with Gasteiger partial charge in [-0.25, -0.2) is 9.79 Å². The summed E-state index contributed by atoms with van der Waals surface area (Å²) >= 11 is 7.47. The normalized spacial score (nSPS) is 15.0. The summed E-state index contributed by atoms with van der Waals surface area (Å²) in [5.74, 6) is 1.12. The molecule has 2 heterocycles. The van der Waals surface area contributed by atoms with E-state index in [0.29, 0.717) is 55.9 Å². The van der Waals surface area contributed by atoms with E-state index in [1.165, 1.54) is 29.2 Å². The second-order valence-electron chi connectivity index (χ2n) is 8.60. The van der Waals surface area contributed by atoms with Crippen molar-refractivity contribution in [3.8, 4) is 17.2 Å². The minimum absolute atomic E-state index is 0.0636. The van der Waals surface area contributed by atoms with E-state index in [-0.39, 0.29) is 17.2 Å². The van der Waals surface area contributed by atoms with Gasteiger partial charge in [-0.1, -0.05) is 29.0 Å². The smallest absolute Gasteiger partial charge is 0.337 e. The lowest BCUT2D eigenvalue weighted by Crippen LogP contribution is -2.39. The van der Waals surface area contributed by atoms with Gasteiger partial charge in [-0.05, 0) is 69.7 Å². The molecule has 8 nitrogen and oxygen atoms in total. The molecule has 0 spiro atoms. The fourth-order valence-electron chi connectivity index (χ4n) is 4.12. The van der Waals surface area contributed by atoms with E-state index in [2.05, 4.69) is 4.99 Å². The highest BCUT2D eigenvalue weighted by Gasteiger charge is 2.31. The summed E-state index contributed by atoms with van der Waals surface area (Å²) in [7, 11) is 1.30. The van der Waals surface area contributed by atoms with E-state index in [1.54, 1.807) is 36.4 Å². The summed E-state index contributed by atoms with van der Waals surface area (Å²) in [6.07, 6.45) is 3.12. The number of thiazole rings is 1. The number of ether oxygens (including phenoxy) is 4. The molecular weight excluding hydrogens is 528 g/mol. The molecule has 1 aliphatic rings. The van der Waals surface area contributed by atoms with Crippen molar-refractivity contribution in [2.45, 2.75) is 39.8 Å². The number of hydrogen-bond acceptors (Lipinski definition) is 8. The zero-order valence-electron chi connectivity index (χ0n) is 21.8. The SMILES string of the molecule is CCOc1ccc([C@@H]2C(C(=O)OC)=CN=c3s/c(=C/c4cc(Cl)ccc4OC(C)C)c(=O)n32)cc1OCC. The van der Waals surface area contributed by atoms with Gasteiger partial charge in [-0.3, -0.25) is 9.36 Å². The molecule has 4 rings (SSSR count). The van der Waals surface area contributed by atoms with E-state index in [0.717, 1.165) is 0 Å². The summed E-state index contributed by atoms with van der Waals surface area (Å²) < 4.78 is 24.4. The van der Waals surface area contributed by atoms with Gasteiger partial charge in [0.05, 0.1) is 42.6 Å². The van der Waals surface area contributed by atoms with Crippen LogP contribution < -0.4 is 29.1 Å². The number of nitrogens with zero attached hydrogens (tertiary/aromatic N) is 2. The number of esters is 1. The molecule has 200 valence electrons. The lowest BCUT2D eigenvalue weighted by molar-refractivity contribution is -0.136. The second kappa shape index (κ2) is 11.9. The summed E-state index contributed by atoms with van der Waals surface area (Å²) in [6, 6.07) is 9.85. The van der Waals surface area contributed by atoms with Gasteiger partial charge in [0.15, 0.2) is 16.3 Å². The predicted octanol–water partition coefficient (Wildman–Crippen LogP) is 4.26. The van der Waals surface area contributed by atoms with E-state index in [1.807, 2.05) is 33.8 Å². The average Bonchev–Trinajstić information content (AvgIpc) is 3.20. The summed E-state index contributed by atoms with van der Waals surface area (Å²) in [4.78, 5) is 31.5. The average molecular weight is 557 g/mol. The Morgan fingerprint density at radius 2 is 1.82 bits per heavy atom. The molecule has 3 aromatic rings. The van der Waals surface area contributed by atoms with Crippen molar-refractivity contribution >= 4 is 35.0 Å². The summed E-state index contributed by atoms with van der Waals surface area (Å²) in [5.41, 5.74) is 1.24. The van der Waals surface area contributed by atoms with Crippen LogP contribution in [0.3, 0.4) is 0 Å². The molecule has 0 saturated carbocycles. The highest BCUT2D eigenvalue weighted by Crippen LogP contribution is 2.35. The number of halogens is 1. The van der Waals surface area contributed by atoms with E-state index in [9.17, 15) is 9.59 Å². The second-order valence-corrected chi connectivity index (χ2v) is 10.0. The molecule has 0 aliphatic carbocycles. The van der Waals surface area contributed by atoms with Crippen molar-refractivity contribution in [3.05, 3.63) is 84.0 Å². The van der Waals surface area contributed by atoms with Crippen LogP contribution in [0.5, 0.6) is 17.2 Å². The number of hydrogen-bond donors (Lipinski definition) is 0. The predicted molar refractivity (Wildman–Crippen MR) is 147 cm³/mol. The third kappa shape index (κ3) is 5.63. The van der Waals surface area contributed by atoms with Gasteiger partial charge in [0.25, 0.3) is 5.56 Å². The van der Waals surface area contributed by atoms with Crippen LogP contribution in [0.2, 0.25) is 5.02 Å². The molecule has 0 radical (unpaired) electrons. The monoisotopic (exact) mass is 556 g/mol. The Bertz CT molecular complexity index is 1560. The van der Waals surface area contributed by atoms with Gasteiger partial charge in [0.1, 0.15) is 5.75 Å². The standard InChI is InChI=1S/C28H29ClN2O6S/c1-6-35-22-10-8-17(13-23(22)36-7-2)25-20(27(33)34-5)15-30-28-31(25)26(32)24(38-28)14-18-12-19(29)9-11-21(18)37-16(3)4/h8-16,25H,6-7H2,1-5H3/b24-14+/t25-/m1/s1. The minimum atomic E-state index is -0.776. The largest absolute Gasteiger partial charge is 0.490 e. The van der Waals surface area contributed by atoms with Crippen molar-refractivity contribution in [3.63, 3.8) is 0 Å². The number of rotatable bonds is 9. The van der Waals surface area contributed by atoms with Gasteiger partial charge >= 0.3 is 5.97 Å². The molecule has 1 aromatic heterocycles. The van der Waals surface area contributed by atoms with Gasteiger partial charge in [0, 0.05) is 16.8 Å². The molecule has 0 fully saturated rings. The Balaban J connectivity index is 1.91. The Morgan fingerprint density at radius 3 is 2.50 bits per heavy atom. The fourth-order valence-corrected chi connectivity index (χ4v) is 5.26. The van der Waals surface area contributed by atoms with Gasteiger partial charge in [-0.2, -0.15) is 0 Å². The number of benzene rings is 2. The van der Waals surface area contributed by atoms with Gasteiger partial charge in [-0.15, -0.1) is 0 Å². The Labute approximate surface area is 229 Å². The molecule has 0 saturated heterocycles. The van der Waals surface area contributed by atoms with Crippen molar-refractivity contribution in [2.24, 2.45) is 4.99 Å². The molecule has 10 heteroatoms. The first-order valence-electron chi connectivity index (χ1n) is 12.2. The first-order chi connectivity index (χ1) is 18.3. The molecule has 0 amide bonds. The highest BCUT2D eigenvalue weighted by atomic mass is 35.5. The number of methoxy groups -OCH3 is 1. The van der Waals surface area contributed by atoms with Crippen molar-refractivity contribution in [1.29, 1.82) is 0 Å². The third-order valence-electron chi connectivity index (χ3n) is 5.63. The summed E-state index contributed by atoms with van der Waals surface area (Å²) in [6.45, 7) is 8.50. The van der Waals surface area contributed by atoms with Crippen LogP contribution in [0.4, 0.5) is 0 Å². The lowest BCUT2D eigenvalue weighted by atomic mass is 9.97. The van der Waals surface area contributed by atoms with Crippen LogP contribution in [-0.4, -0.2) is 37.0 Å². The van der Waals surface area contributed by atoms with Crippen LogP contribution in [0.15, 0.2) is 58.0 Å². The van der Waals surface area contributed by atoms with Crippen LogP contribution >= 0.6 is 22.9 Å². The summed E-state index contributed by atoms with van der Waals surface area (Å²) in [5, 5.41) is 0.517. The van der Waals surface area contributed by atoms with Crippen LogP contribution in [0.25, 0.3) is 6.08 Å². The minimum Gasteiger partial charge on any atom is -0.490 e. The lowest BCUT2D eigenvalue weighted by Gasteiger charge is -2.23. The maximum Gasteiger partial charge on any atom is 0.337 e. The maximum absolute atomic E-state index is 13.8. The van der Waals surface area contributed by atoms with E-state index in [4.69, 9.17) is 30.5 Å². The zero-order chi connectivity index (χ0) is 27.4. The quantitative estimate of drug-likeness (QED) is 0.366. The van der Waals surface area contributed by atoms with Crippen molar-refractivity contribution in [2.75, 3.05) is 20.3 Å². The van der Waals surface area contributed by atoms with Gasteiger partial charge < -0.3 is 18.9 Å². The van der Waals surface area contributed by atoms with Gasteiger partial charge in [0.2, 0.25) is 0 Å². The number of fused-ring (bicyclic) bond motifs is 1. The molecule has 1 aliphatic heterocycles. The first-order valence-corrected chi connectivity index (χ1v) is 13.4. The number of carbonyl (C=O) groups excluding carboxylic acids is 1. The van der Waals surface area contributed by atoms with Crippen molar-refractivity contribution < 1.29 is 23.7 Å². The van der Waals surface area contributed by atoms with Crippen molar-refractivity contribution in [1.82, 2.24) is 4.57 Å². The molecule has 38 heavy (non-hydrogen) atoms. The Morgan fingerprint density at radius 1 is 1.11 bits per heavy atom. The highest BCUT2D eigenvalue weighted by molar-refractivity contribution is 7.07. The molecular formula is C28H29ClN2O6S. The van der Waals surface area contributed by atoms with E-state index >= 15 is 0 Å². The van der Waals surface area contributed by atoms with E-state index < -0.39 is 12.0 Å². The number of carbonyl (C=O) groups is 1. The molecule has 1 atom stereocenters. The number of aromatic nitrogens is 1. The van der Waals surface area contributed by atoms with Crippen LogP contribution in [0, 0.1) is 0 Å². The topological polar surface area (TPSA) is 88.4 Å². The molecule has 0 bridgehead atoms. The third-order valence-corrected chi connectivity index (χ3v) is 6.86. The fraction of sp³-hybridized carbons (Fsp3) is 0.321. The molecule has 2 aromatic carbocycles. The Kier molecular flexibility index (Phi) is 8.58. The maximum atomic E-state index is 13.8. The molecule has 0 unspecified atom stereocenters. The molecule has 0 N–H and O–H groups in total. The first kappa shape index (κ1) is 27.5. The Hall–Kier alpha value is -3.56. The zero-order valence-corrected chi connectivity index (χ0v) is 23.4. The van der Waals surface area contributed by atoms with Crippen LogP contribution in [-0.2, 0) is 9.53 Å². The van der Waals surface area contributed by atoms with Crippen LogP contribution in [0.1, 0.15) is 44.9 Å².